The van der Waals surface area contributed by atoms with Crippen LogP contribution in [0.1, 0.15) is 18.4 Å². The summed E-state index contributed by atoms with van der Waals surface area (Å²) in [6.45, 7) is 3.34. The summed E-state index contributed by atoms with van der Waals surface area (Å²) in [6, 6.07) is 15.1. The standard InChI is InChI=1S/C22H32N4O/c1-23-21(24-17-22(25(2)3)11-13-27-14-12-22)26(4)16-18-9-10-19-7-5-6-8-20(19)15-18/h5-10,15H,11-14,16-17H2,1-4H3,(H,23,24). The molecular weight excluding hydrogens is 336 g/mol. The van der Waals surface area contributed by atoms with Gasteiger partial charge in [-0.1, -0.05) is 36.4 Å². The Hall–Kier alpha value is -2.11. The molecule has 5 heteroatoms. The Kier molecular flexibility index (Phi) is 6.34. The summed E-state index contributed by atoms with van der Waals surface area (Å²) in [5.41, 5.74) is 1.41. The second-order valence-electron chi connectivity index (χ2n) is 7.67. The van der Waals surface area contributed by atoms with E-state index in [9.17, 15) is 0 Å². The highest BCUT2D eigenvalue weighted by atomic mass is 16.5. The summed E-state index contributed by atoms with van der Waals surface area (Å²) >= 11 is 0. The highest BCUT2D eigenvalue weighted by Gasteiger charge is 2.35. The number of fused-ring (bicyclic) bond motifs is 1. The molecule has 0 aromatic heterocycles. The Morgan fingerprint density at radius 2 is 1.78 bits per heavy atom. The fourth-order valence-corrected chi connectivity index (χ4v) is 3.85. The molecule has 5 nitrogen and oxygen atoms in total. The lowest BCUT2D eigenvalue weighted by Crippen LogP contribution is -2.57. The first-order valence-electron chi connectivity index (χ1n) is 9.69. The Morgan fingerprint density at radius 3 is 2.44 bits per heavy atom. The monoisotopic (exact) mass is 368 g/mol. The second-order valence-corrected chi connectivity index (χ2v) is 7.67. The largest absolute Gasteiger partial charge is 0.381 e. The molecule has 27 heavy (non-hydrogen) atoms. The van der Waals surface area contributed by atoms with Crippen molar-refractivity contribution >= 4 is 16.7 Å². The highest BCUT2D eigenvalue weighted by molar-refractivity contribution is 5.83. The molecule has 1 heterocycles. The average Bonchev–Trinajstić information content (AvgIpc) is 2.69. The van der Waals surface area contributed by atoms with Gasteiger partial charge < -0.3 is 19.9 Å². The van der Waals surface area contributed by atoms with Gasteiger partial charge in [0.05, 0.1) is 0 Å². The van der Waals surface area contributed by atoms with Crippen molar-refractivity contribution in [2.45, 2.75) is 24.9 Å². The molecule has 0 saturated carbocycles. The molecule has 1 fully saturated rings. The third-order valence-electron chi connectivity index (χ3n) is 5.75. The van der Waals surface area contributed by atoms with Gasteiger partial charge in [-0.15, -0.1) is 0 Å². The van der Waals surface area contributed by atoms with Crippen LogP contribution in [0, 0.1) is 0 Å². The number of likely N-dealkylation sites (N-methyl/N-ethyl adjacent to an activating group) is 1. The van der Waals surface area contributed by atoms with E-state index in [1.54, 1.807) is 0 Å². The number of rotatable bonds is 5. The maximum Gasteiger partial charge on any atom is 0.193 e. The number of guanidine groups is 1. The smallest absolute Gasteiger partial charge is 0.193 e. The van der Waals surface area contributed by atoms with E-state index in [2.05, 4.69) is 83.7 Å². The highest BCUT2D eigenvalue weighted by Crippen LogP contribution is 2.25. The van der Waals surface area contributed by atoms with E-state index in [1.165, 1.54) is 16.3 Å². The van der Waals surface area contributed by atoms with Crippen molar-refractivity contribution < 1.29 is 4.74 Å². The van der Waals surface area contributed by atoms with Crippen molar-refractivity contribution in [3.63, 3.8) is 0 Å². The van der Waals surface area contributed by atoms with Crippen LogP contribution in [-0.2, 0) is 11.3 Å². The zero-order valence-electron chi connectivity index (χ0n) is 17.0. The first kappa shape index (κ1) is 19.6. The van der Waals surface area contributed by atoms with Crippen LogP contribution in [0.3, 0.4) is 0 Å². The summed E-state index contributed by atoms with van der Waals surface area (Å²) in [6.07, 6.45) is 2.08. The zero-order valence-corrected chi connectivity index (χ0v) is 17.0. The van der Waals surface area contributed by atoms with Gasteiger partial charge in [-0.2, -0.15) is 0 Å². The fraction of sp³-hybridized carbons (Fsp3) is 0.500. The van der Waals surface area contributed by atoms with Gasteiger partial charge in [0.2, 0.25) is 0 Å². The third-order valence-corrected chi connectivity index (χ3v) is 5.75. The molecule has 0 amide bonds. The van der Waals surface area contributed by atoms with E-state index in [-0.39, 0.29) is 5.54 Å². The molecule has 2 aromatic rings. The van der Waals surface area contributed by atoms with E-state index in [0.29, 0.717) is 0 Å². The van der Waals surface area contributed by atoms with Gasteiger partial charge in [-0.25, -0.2) is 0 Å². The normalized spacial score (nSPS) is 17.3. The van der Waals surface area contributed by atoms with Gasteiger partial charge in [-0.3, -0.25) is 4.99 Å². The van der Waals surface area contributed by atoms with Crippen molar-refractivity contribution in [1.82, 2.24) is 15.1 Å². The van der Waals surface area contributed by atoms with Gasteiger partial charge in [-0.05, 0) is 49.3 Å². The molecule has 3 rings (SSSR count). The lowest BCUT2D eigenvalue weighted by atomic mass is 9.88. The molecule has 146 valence electrons. The van der Waals surface area contributed by atoms with Crippen LogP contribution in [0.4, 0.5) is 0 Å². The molecule has 0 atom stereocenters. The van der Waals surface area contributed by atoms with Crippen LogP contribution in [-0.4, -0.2) is 69.2 Å². The quantitative estimate of drug-likeness (QED) is 0.651. The van der Waals surface area contributed by atoms with Gasteiger partial charge >= 0.3 is 0 Å². The van der Waals surface area contributed by atoms with Crippen LogP contribution in [0.25, 0.3) is 10.8 Å². The molecule has 1 N–H and O–H groups in total. The predicted octanol–water partition coefficient (Wildman–Crippen LogP) is 2.96. The number of benzene rings is 2. The average molecular weight is 369 g/mol. The lowest BCUT2D eigenvalue weighted by Gasteiger charge is -2.43. The summed E-state index contributed by atoms with van der Waals surface area (Å²) < 4.78 is 5.57. The third kappa shape index (κ3) is 4.60. The van der Waals surface area contributed by atoms with Crippen molar-refractivity contribution in [2.24, 2.45) is 4.99 Å². The summed E-state index contributed by atoms with van der Waals surface area (Å²) in [5.74, 6) is 0.927. The van der Waals surface area contributed by atoms with E-state index in [4.69, 9.17) is 4.74 Å². The van der Waals surface area contributed by atoms with Gasteiger partial charge in [0.15, 0.2) is 5.96 Å². The van der Waals surface area contributed by atoms with Crippen molar-refractivity contribution in [3.05, 3.63) is 48.0 Å². The number of nitrogens with zero attached hydrogens (tertiary/aromatic N) is 3. The van der Waals surface area contributed by atoms with E-state index in [1.807, 2.05) is 7.05 Å². The van der Waals surface area contributed by atoms with Crippen molar-refractivity contribution in [1.29, 1.82) is 0 Å². The first-order chi connectivity index (χ1) is 13.0. The van der Waals surface area contributed by atoms with Crippen LogP contribution in [0.5, 0.6) is 0 Å². The Balaban J connectivity index is 1.65. The van der Waals surface area contributed by atoms with Crippen LogP contribution >= 0.6 is 0 Å². The molecule has 1 aliphatic rings. The van der Waals surface area contributed by atoms with Crippen molar-refractivity contribution in [2.75, 3.05) is 47.9 Å². The molecule has 1 aliphatic heterocycles. The number of hydrogen-bond acceptors (Lipinski definition) is 3. The number of hydrogen-bond donors (Lipinski definition) is 1. The molecule has 0 spiro atoms. The van der Waals surface area contributed by atoms with Crippen LogP contribution in [0.2, 0.25) is 0 Å². The minimum atomic E-state index is 0.123. The number of ether oxygens (including phenoxy) is 1. The van der Waals surface area contributed by atoms with Gasteiger partial charge in [0, 0.05) is 45.9 Å². The van der Waals surface area contributed by atoms with E-state index in [0.717, 1.165) is 45.1 Å². The lowest BCUT2D eigenvalue weighted by molar-refractivity contribution is -0.00522. The topological polar surface area (TPSA) is 40.1 Å². The second kappa shape index (κ2) is 8.72. The Labute approximate surface area is 163 Å². The molecule has 2 aromatic carbocycles. The van der Waals surface area contributed by atoms with E-state index >= 15 is 0 Å². The minimum Gasteiger partial charge on any atom is -0.381 e. The summed E-state index contributed by atoms with van der Waals surface area (Å²) in [4.78, 5) is 9.02. The zero-order chi connectivity index (χ0) is 19.3. The van der Waals surface area contributed by atoms with Crippen molar-refractivity contribution in [3.8, 4) is 0 Å². The Bertz CT molecular complexity index is 781. The number of nitrogens with one attached hydrogen (secondary N) is 1. The Morgan fingerprint density at radius 1 is 1.07 bits per heavy atom. The van der Waals surface area contributed by atoms with Gasteiger partial charge in [0.25, 0.3) is 0 Å². The molecule has 1 saturated heterocycles. The summed E-state index contributed by atoms with van der Waals surface area (Å²) in [7, 11) is 8.27. The fourth-order valence-electron chi connectivity index (χ4n) is 3.85. The SMILES string of the molecule is CN=C(NCC1(N(C)C)CCOCC1)N(C)Cc1ccc2ccccc2c1. The number of aliphatic imine (C=N–C) groups is 1. The maximum atomic E-state index is 5.57. The minimum absolute atomic E-state index is 0.123. The van der Waals surface area contributed by atoms with Crippen LogP contribution < -0.4 is 5.32 Å². The molecule has 0 aliphatic carbocycles. The molecule has 0 radical (unpaired) electrons. The molecule has 0 unspecified atom stereocenters. The van der Waals surface area contributed by atoms with Crippen LogP contribution in [0.15, 0.2) is 47.5 Å². The van der Waals surface area contributed by atoms with E-state index < -0.39 is 0 Å². The first-order valence-corrected chi connectivity index (χ1v) is 9.69. The summed E-state index contributed by atoms with van der Waals surface area (Å²) in [5, 5.41) is 6.15. The molecule has 0 bridgehead atoms. The van der Waals surface area contributed by atoms with Gasteiger partial charge in [0.1, 0.15) is 0 Å². The predicted molar refractivity (Wildman–Crippen MR) is 113 cm³/mol. The maximum absolute atomic E-state index is 5.57. The molecular formula is C22H32N4O.